The number of aromatic nitrogens is 1. The zero-order valence-electron chi connectivity index (χ0n) is 27.4. The smallest absolute Gasteiger partial charge is 0.131 e. The summed E-state index contributed by atoms with van der Waals surface area (Å²) in [6.45, 7) is 0. The Morgan fingerprint density at radius 1 is 0.580 bits per heavy atom. The molecule has 2 N–H and O–H groups in total. The molecule has 240 valence electrons. The van der Waals surface area contributed by atoms with Crippen molar-refractivity contribution in [3.05, 3.63) is 203 Å². The highest BCUT2D eigenvalue weighted by atomic mass is 15.3. The standard InChI is InChI=1S/C45H35N5/c1-4-14-30(15-5-1)43-46-44(31-16-6-2-7-17-31)48-45(47-43)32-24-26-34(27-25-32)49-39-23-13-11-21-37(39)41-40(49)29-28-36-35-20-10-12-22-38(35)50(42(36)41)33-18-8-3-9-19-33/h1-29,40-41,43,45,47H,(H,46,48). The summed E-state index contributed by atoms with van der Waals surface area (Å²) in [5, 5.41) is 8.69. The first-order valence-electron chi connectivity index (χ1n) is 17.4. The number of hydrogen-bond donors (Lipinski definition) is 2. The van der Waals surface area contributed by atoms with Crippen molar-refractivity contribution < 1.29 is 0 Å². The fourth-order valence-corrected chi connectivity index (χ4v) is 8.20. The van der Waals surface area contributed by atoms with E-state index in [0.29, 0.717) is 0 Å². The normalized spacial score (nSPS) is 20.5. The number of aliphatic imine (C=N–C) groups is 1. The van der Waals surface area contributed by atoms with E-state index in [0.717, 1.165) is 17.0 Å². The molecule has 2 aliphatic heterocycles. The summed E-state index contributed by atoms with van der Waals surface area (Å²) in [6.07, 6.45) is 4.49. The van der Waals surface area contributed by atoms with Gasteiger partial charge in [0.25, 0.3) is 0 Å². The average molecular weight is 646 g/mol. The van der Waals surface area contributed by atoms with Gasteiger partial charge in [0.05, 0.1) is 17.5 Å². The summed E-state index contributed by atoms with van der Waals surface area (Å²) >= 11 is 0. The Balaban J connectivity index is 1.05. The van der Waals surface area contributed by atoms with Crippen LogP contribution < -0.4 is 15.5 Å². The highest BCUT2D eigenvalue weighted by Gasteiger charge is 2.43. The lowest BCUT2D eigenvalue weighted by Crippen LogP contribution is -2.44. The van der Waals surface area contributed by atoms with E-state index in [4.69, 9.17) is 4.99 Å². The molecular weight excluding hydrogens is 611 g/mol. The predicted octanol–water partition coefficient (Wildman–Crippen LogP) is 9.65. The predicted molar refractivity (Wildman–Crippen MR) is 204 cm³/mol. The summed E-state index contributed by atoms with van der Waals surface area (Å²) in [6, 6.07) is 58.6. The van der Waals surface area contributed by atoms with Crippen molar-refractivity contribution in [3.63, 3.8) is 0 Å². The second kappa shape index (κ2) is 11.8. The molecule has 6 aromatic carbocycles. The van der Waals surface area contributed by atoms with Crippen LogP contribution in [-0.4, -0.2) is 16.4 Å². The van der Waals surface area contributed by atoms with Gasteiger partial charge < -0.3 is 14.8 Å². The second-order valence-electron chi connectivity index (χ2n) is 13.2. The monoisotopic (exact) mass is 645 g/mol. The van der Waals surface area contributed by atoms with E-state index < -0.39 is 0 Å². The Hall–Kier alpha value is -6.17. The first kappa shape index (κ1) is 28.8. The average Bonchev–Trinajstić information content (AvgIpc) is 3.72. The molecular formula is C45H35N5. The van der Waals surface area contributed by atoms with E-state index in [-0.39, 0.29) is 24.3 Å². The molecule has 0 radical (unpaired) electrons. The third kappa shape index (κ3) is 4.62. The third-order valence-corrected chi connectivity index (χ3v) is 10.4. The summed E-state index contributed by atoms with van der Waals surface area (Å²) in [7, 11) is 0. The maximum Gasteiger partial charge on any atom is 0.131 e. The van der Waals surface area contributed by atoms with E-state index in [1.807, 2.05) is 6.07 Å². The van der Waals surface area contributed by atoms with Gasteiger partial charge in [0.1, 0.15) is 18.2 Å². The number of anilines is 2. The highest BCUT2D eigenvalue weighted by molar-refractivity contribution is 5.99. The van der Waals surface area contributed by atoms with Crippen LogP contribution in [0, 0.1) is 0 Å². The second-order valence-corrected chi connectivity index (χ2v) is 13.2. The molecule has 0 bridgehead atoms. The zero-order chi connectivity index (χ0) is 33.0. The van der Waals surface area contributed by atoms with Gasteiger partial charge in [-0.15, -0.1) is 0 Å². The van der Waals surface area contributed by atoms with Crippen molar-refractivity contribution in [1.29, 1.82) is 0 Å². The van der Waals surface area contributed by atoms with Crippen LogP contribution in [0.25, 0.3) is 22.7 Å². The Bertz CT molecular complexity index is 2390. The maximum atomic E-state index is 5.18. The molecule has 1 aliphatic carbocycles. The van der Waals surface area contributed by atoms with Crippen LogP contribution in [0.5, 0.6) is 0 Å². The molecule has 3 aliphatic rings. The zero-order valence-corrected chi connectivity index (χ0v) is 27.4. The van der Waals surface area contributed by atoms with Crippen LogP contribution in [0.2, 0.25) is 0 Å². The van der Waals surface area contributed by atoms with E-state index in [1.54, 1.807) is 0 Å². The minimum atomic E-state index is -0.206. The molecule has 4 unspecified atom stereocenters. The molecule has 0 saturated carbocycles. The highest BCUT2D eigenvalue weighted by Crippen LogP contribution is 2.53. The SMILES string of the molecule is C1=CC2C(c3ccccc3N2c2ccc(C3N=C(c4ccccc4)NC(c4ccccc4)N3)cc2)c2c1c1ccccc1n2-c1ccccc1. The molecule has 7 aromatic rings. The van der Waals surface area contributed by atoms with Crippen molar-refractivity contribution in [2.45, 2.75) is 24.3 Å². The largest absolute Gasteiger partial charge is 0.350 e. The summed E-state index contributed by atoms with van der Waals surface area (Å²) < 4.78 is 2.49. The number of amidine groups is 1. The van der Waals surface area contributed by atoms with Crippen LogP contribution in [0.3, 0.4) is 0 Å². The number of nitrogens with one attached hydrogen (secondary N) is 2. The molecule has 0 fully saturated rings. The fraction of sp³-hybridized carbons (Fsp3) is 0.0889. The lowest BCUT2D eigenvalue weighted by molar-refractivity contribution is 0.409. The van der Waals surface area contributed by atoms with Gasteiger partial charge in [-0.2, -0.15) is 0 Å². The molecule has 1 aromatic heterocycles. The van der Waals surface area contributed by atoms with E-state index in [1.165, 1.54) is 50.3 Å². The van der Waals surface area contributed by atoms with Gasteiger partial charge in [0.15, 0.2) is 0 Å². The van der Waals surface area contributed by atoms with E-state index >= 15 is 0 Å². The molecule has 5 heteroatoms. The van der Waals surface area contributed by atoms with Crippen LogP contribution in [0.1, 0.15) is 51.8 Å². The van der Waals surface area contributed by atoms with Gasteiger partial charge >= 0.3 is 0 Å². The van der Waals surface area contributed by atoms with Crippen molar-refractivity contribution in [2.75, 3.05) is 4.90 Å². The van der Waals surface area contributed by atoms with Gasteiger partial charge in [0, 0.05) is 39.3 Å². The molecule has 0 saturated heterocycles. The fourth-order valence-electron chi connectivity index (χ4n) is 8.20. The molecule has 3 heterocycles. The first-order valence-corrected chi connectivity index (χ1v) is 17.4. The molecule has 5 nitrogen and oxygen atoms in total. The quantitative estimate of drug-likeness (QED) is 0.196. The Kier molecular flexibility index (Phi) is 6.78. The number of para-hydroxylation sites is 3. The number of hydrogen-bond acceptors (Lipinski definition) is 4. The summed E-state index contributed by atoms with van der Waals surface area (Å²) in [4.78, 5) is 7.70. The van der Waals surface area contributed by atoms with Gasteiger partial charge in [-0.05, 0) is 53.1 Å². The third-order valence-electron chi connectivity index (χ3n) is 10.4. The van der Waals surface area contributed by atoms with Gasteiger partial charge in [-0.25, -0.2) is 4.99 Å². The first-order chi connectivity index (χ1) is 24.8. The molecule has 4 atom stereocenters. The van der Waals surface area contributed by atoms with Crippen LogP contribution in [0.15, 0.2) is 175 Å². The topological polar surface area (TPSA) is 44.6 Å². The number of nitrogens with zero attached hydrogens (tertiary/aromatic N) is 3. The van der Waals surface area contributed by atoms with E-state index in [2.05, 4.69) is 190 Å². The maximum absolute atomic E-state index is 5.18. The van der Waals surface area contributed by atoms with Gasteiger partial charge in [0.2, 0.25) is 0 Å². The molecule has 50 heavy (non-hydrogen) atoms. The molecule has 10 rings (SSSR count). The Morgan fingerprint density at radius 2 is 1.26 bits per heavy atom. The number of rotatable bonds is 5. The minimum absolute atomic E-state index is 0.0715. The Morgan fingerprint density at radius 3 is 2.06 bits per heavy atom. The van der Waals surface area contributed by atoms with Gasteiger partial charge in [-0.1, -0.05) is 140 Å². The number of fused-ring (bicyclic) bond motifs is 7. The number of benzene rings is 6. The van der Waals surface area contributed by atoms with Crippen molar-refractivity contribution in [2.24, 2.45) is 4.99 Å². The molecule has 0 spiro atoms. The van der Waals surface area contributed by atoms with Crippen LogP contribution in [-0.2, 0) is 0 Å². The summed E-state index contributed by atoms with van der Waals surface area (Å²) in [5.41, 5.74) is 12.3. The van der Waals surface area contributed by atoms with Crippen molar-refractivity contribution >= 4 is 34.2 Å². The Labute approximate surface area is 291 Å². The lowest BCUT2D eigenvalue weighted by Gasteiger charge is -2.33. The van der Waals surface area contributed by atoms with Crippen LogP contribution >= 0.6 is 0 Å². The van der Waals surface area contributed by atoms with E-state index in [9.17, 15) is 0 Å². The van der Waals surface area contributed by atoms with Crippen LogP contribution in [0.4, 0.5) is 11.4 Å². The van der Waals surface area contributed by atoms with Gasteiger partial charge in [-0.3, -0.25) is 5.32 Å². The van der Waals surface area contributed by atoms with Crippen molar-refractivity contribution in [1.82, 2.24) is 15.2 Å². The van der Waals surface area contributed by atoms with Crippen molar-refractivity contribution in [3.8, 4) is 5.69 Å². The lowest BCUT2D eigenvalue weighted by atomic mass is 9.84. The summed E-state index contributed by atoms with van der Waals surface area (Å²) in [5.74, 6) is 1.06. The molecule has 0 amide bonds. The minimum Gasteiger partial charge on any atom is -0.350 e.